The number of aromatic amines is 1. The van der Waals surface area contributed by atoms with E-state index in [0.717, 1.165) is 29.7 Å². The minimum absolute atomic E-state index is 0.00362. The van der Waals surface area contributed by atoms with E-state index in [1.165, 1.54) is 0 Å². The van der Waals surface area contributed by atoms with Crippen molar-refractivity contribution >= 4 is 23.0 Å². The Kier molecular flexibility index (Phi) is 3.62. The van der Waals surface area contributed by atoms with E-state index in [1.54, 1.807) is 15.7 Å². The number of hydrogen-bond donors (Lipinski definition) is 1. The molecule has 9 nitrogen and oxygen atoms in total. The van der Waals surface area contributed by atoms with E-state index < -0.39 is 6.04 Å². The maximum atomic E-state index is 13.4. The number of hydrogen-bond acceptors (Lipinski definition) is 6. The number of nitrogens with zero attached hydrogens (tertiary/aromatic N) is 6. The molecule has 0 spiro atoms. The van der Waals surface area contributed by atoms with Crippen LogP contribution in [0, 0.1) is 0 Å². The van der Waals surface area contributed by atoms with Gasteiger partial charge < -0.3 is 14.3 Å². The monoisotopic (exact) mass is 423 g/mol. The van der Waals surface area contributed by atoms with Gasteiger partial charge in [-0.3, -0.25) is 4.79 Å². The minimum atomic E-state index is -0.477. The predicted octanol–water partition coefficient (Wildman–Crippen LogP) is 2.93. The summed E-state index contributed by atoms with van der Waals surface area (Å²) in [6.07, 6.45) is 6.12. The Bertz CT molecular complexity index is 1290. The largest absolute Gasteiger partial charge is 0.416 e. The minimum Gasteiger partial charge on any atom is -0.416 e. The number of imidazole rings is 1. The molecule has 1 N–H and O–H groups in total. The van der Waals surface area contributed by atoms with Crippen LogP contribution in [0.2, 0.25) is 5.02 Å². The summed E-state index contributed by atoms with van der Waals surface area (Å²) < 4.78 is 7.48. The van der Waals surface area contributed by atoms with Crippen LogP contribution in [0.3, 0.4) is 0 Å². The number of fused-ring (bicyclic) bond motifs is 2. The van der Waals surface area contributed by atoms with Gasteiger partial charge in [0.2, 0.25) is 5.89 Å². The maximum Gasteiger partial charge on any atom is 0.312 e. The molecular formula is C20H18ClN7O2. The molecule has 1 atom stereocenters. The van der Waals surface area contributed by atoms with Gasteiger partial charge in [0.05, 0.1) is 28.3 Å². The van der Waals surface area contributed by atoms with Crippen LogP contribution < -0.4 is 0 Å². The number of carbonyl (C=O) groups is 1. The zero-order chi connectivity index (χ0) is 20.5. The molecule has 1 aliphatic heterocycles. The summed E-state index contributed by atoms with van der Waals surface area (Å²) in [7, 11) is 0. The summed E-state index contributed by atoms with van der Waals surface area (Å²) >= 11 is 6.34. The van der Waals surface area contributed by atoms with Crippen molar-refractivity contribution in [2.24, 2.45) is 0 Å². The molecule has 0 bridgehead atoms. The zero-order valence-corrected chi connectivity index (χ0v) is 16.9. The first-order valence-electron chi connectivity index (χ1n) is 9.84. The van der Waals surface area contributed by atoms with Crippen molar-refractivity contribution < 1.29 is 9.21 Å². The molecule has 4 aromatic rings. The van der Waals surface area contributed by atoms with Crippen LogP contribution in [-0.4, -0.2) is 47.1 Å². The van der Waals surface area contributed by atoms with E-state index in [-0.39, 0.29) is 17.2 Å². The molecule has 0 radical (unpaired) electrons. The number of halogens is 1. The predicted molar refractivity (Wildman–Crippen MR) is 106 cm³/mol. The number of H-pyrrole nitrogens is 1. The van der Waals surface area contributed by atoms with Gasteiger partial charge in [0.15, 0.2) is 0 Å². The highest BCUT2D eigenvalue weighted by molar-refractivity contribution is 6.33. The topological polar surface area (TPSA) is 105 Å². The van der Waals surface area contributed by atoms with Gasteiger partial charge in [-0.15, -0.1) is 10.2 Å². The molecule has 0 saturated heterocycles. The number of carbonyl (C=O) groups excluding carboxylic acids is 1. The molecule has 1 amide bonds. The number of amides is 1. The highest BCUT2D eigenvalue weighted by atomic mass is 35.5. The third kappa shape index (κ3) is 2.58. The molecule has 5 heterocycles. The fourth-order valence-corrected chi connectivity index (χ4v) is 4.22. The SMILES string of the molecule is CC1(c2nnc(C(=O)N3CCc4[nH]cnc4[C@H]3c3cc4c(Cl)cccn4n3)o2)CC1. The first-order valence-corrected chi connectivity index (χ1v) is 10.2. The number of nitrogens with one attached hydrogen (secondary N) is 1. The quantitative estimate of drug-likeness (QED) is 0.543. The van der Waals surface area contributed by atoms with Crippen LogP contribution >= 0.6 is 11.6 Å². The third-order valence-electron chi connectivity index (χ3n) is 6.06. The van der Waals surface area contributed by atoms with Gasteiger partial charge in [-0.1, -0.05) is 18.5 Å². The normalized spacial score (nSPS) is 19.8. The molecule has 2 aliphatic rings. The lowest BCUT2D eigenvalue weighted by molar-refractivity contribution is 0.0643. The standard InChI is InChI=1S/C20H18ClN7O2/c1-20(5-6-20)19-25-24-17(30-19)18(29)27-8-4-12-15(23-10-22-12)16(27)13-9-14-11(21)3-2-7-28(14)26-13/h2-3,7,9-10,16H,4-6,8H2,1H3,(H,22,23)/t16-/m1/s1. The summed E-state index contributed by atoms with van der Waals surface area (Å²) in [5, 5.41) is 13.4. The number of aromatic nitrogens is 6. The van der Waals surface area contributed by atoms with Gasteiger partial charge in [-0.25, -0.2) is 9.50 Å². The molecule has 1 aliphatic carbocycles. The number of pyridine rings is 1. The Hall–Kier alpha value is -3.20. The first kappa shape index (κ1) is 17.6. The second-order valence-electron chi connectivity index (χ2n) is 8.15. The lowest BCUT2D eigenvalue weighted by atomic mass is 9.99. The first-order chi connectivity index (χ1) is 14.5. The van der Waals surface area contributed by atoms with E-state index in [4.69, 9.17) is 16.0 Å². The molecule has 1 saturated carbocycles. The van der Waals surface area contributed by atoms with Crippen molar-refractivity contribution in [3.8, 4) is 0 Å². The fourth-order valence-electron chi connectivity index (χ4n) is 4.01. The van der Waals surface area contributed by atoms with Crippen LogP contribution in [0.25, 0.3) is 5.52 Å². The van der Waals surface area contributed by atoms with Crippen LogP contribution in [0.1, 0.15) is 59.5 Å². The van der Waals surface area contributed by atoms with Gasteiger partial charge >= 0.3 is 11.8 Å². The second-order valence-corrected chi connectivity index (χ2v) is 8.55. The lowest BCUT2D eigenvalue weighted by Gasteiger charge is -2.32. The van der Waals surface area contributed by atoms with Gasteiger partial charge in [0.25, 0.3) is 0 Å². The average Bonchev–Trinajstić information content (AvgIpc) is 3.21. The molecule has 4 aromatic heterocycles. The fraction of sp³-hybridized carbons (Fsp3) is 0.350. The summed E-state index contributed by atoms with van der Waals surface area (Å²) in [5.74, 6) is 0.211. The van der Waals surface area contributed by atoms with Crippen LogP contribution in [0.4, 0.5) is 0 Å². The smallest absolute Gasteiger partial charge is 0.312 e. The molecule has 1 fully saturated rings. The molecule has 10 heteroatoms. The van der Waals surface area contributed by atoms with E-state index in [2.05, 4.69) is 32.2 Å². The number of rotatable bonds is 3. The van der Waals surface area contributed by atoms with Gasteiger partial charge in [0.1, 0.15) is 6.04 Å². The molecule has 30 heavy (non-hydrogen) atoms. The highest BCUT2D eigenvalue weighted by Gasteiger charge is 2.45. The van der Waals surface area contributed by atoms with Crippen LogP contribution in [0.15, 0.2) is 35.1 Å². The van der Waals surface area contributed by atoms with E-state index in [1.807, 2.05) is 24.4 Å². The zero-order valence-electron chi connectivity index (χ0n) is 16.2. The van der Waals surface area contributed by atoms with Crippen LogP contribution in [-0.2, 0) is 11.8 Å². The second kappa shape index (κ2) is 6.15. The van der Waals surface area contributed by atoms with E-state index in [9.17, 15) is 4.79 Å². The summed E-state index contributed by atoms with van der Waals surface area (Å²) in [4.78, 5) is 22.8. The Morgan fingerprint density at radius 2 is 2.23 bits per heavy atom. The molecule has 0 aromatic carbocycles. The average molecular weight is 424 g/mol. The Morgan fingerprint density at radius 1 is 1.37 bits per heavy atom. The van der Waals surface area contributed by atoms with E-state index >= 15 is 0 Å². The van der Waals surface area contributed by atoms with Gasteiger partial charge in [-0.05, 0) is 31.0 Å². The molecular weight excluding hydrogens is 406 g/mol. The van der Waals surface area contributed by atoms with Crippen molar-refractivity contribution in [3.05, 3.63) is 64.6 Å². The lowest BCUT2D eigenvalue weighted by Crippen LogP contribution is -2.41. The Labute approximate surface area is 176 Å². The molecule has 6 rings (SSSR count). The maximum absolute atomic E-state index is 13.4. The van der Waals surface area contributed by atoms with Crippen molar-refractivity contribution in [2.45, 2.75) is 37.6 Å². The molecule has 152 valence electrons. The third-order valence-corrected chi connectivity index (χ3v) is 6.38. The van der Waals surface area contributed by atoms with Gasteiger partial charge in [-0.2, -0.15) is 5.10 Å². The van der Waals surface area contributed by atoms with Crippen molar-refractivity contribution in [1.82, 2.24) is 34.7 Å². The highest BCUT2D eigenvalue weighted by Crippen LogP contribution is 2.47. The summed E-state index contributed by atoms with van der Waals surface area (Å²) in [6.45, 7) is 2.55. The summed E-state index contributed by atoms with van der Waals surface area (Å²) in [6, 6.07) is 5.05. The Balaban J connectivity index is 1.43. The van der Waals surface area contributed by atoms with Crippen molar-refractivity contribution in [3.63, 3.8) is 0 Å². The van der Waals surface area contributed by atoms with Gasteiger partial charge in [0, 0.05) is 30.3 Å². The van der Waals surface area contributed by atoms with E-state index in [0.29, 0.717) is 29.6 Å². The van der Waals surface area contributed by atoms with Crippen LogP contribution in [0.5, 0.6) is 0 Å². The summed E-state index contributed by atoms with van der Waals surface area (Å²) in [5.41, 5.74) is 3.11. The van der Waals surface area contributed by atoms with Crippen molar-refractivity contribution in [1.29, 1.82) is 0 Å². The Morgan fingerprint density at radius 3 is 3.03 bits per heavy atom. The van der Waals surface area contributed by atoms with Crippen molar-refractivity contribution in [2.75, 3.05) is 6.54 Å². The molecule has 0 unspecified atom stereocenters.